The number of pyridine rings is 3. The van der Waals surface area contributed by atoms with Crippen molar-refractivity contribution in [2.45, 2.75) is 179 Å². The number of halogens is 4. The van der Waals surface area contributed by atoms with Gasteiger partial charge in [0, 0.05) is 193 Å². The van der Waals surface area contributed by atoms with E-state index >= 15 is 0 Å². The molecule has 5 saturated heterocycles. The molecule has 14 aromatic rings. The number of fused-ring (bicyclic) bond motifs is 4. The van der Waals surface area contributed by atoms with Gasteiger partial charge in [-0.2, -0.15) is 10.2 Å². The molecule has 3 N–H and O–H groups in total. The van der Waals surface area contributed by atoms with E-state index in [4.69, 9.17) is 37.4 Å². The molecule has 4 aromatic carbocycles. The second-order valence-electron chi connectivity index (χ2n) is 40.2. The molecule has 8 amide bonds. The number of nitrogens with one attached hydrogen (secondary N) is 2. The van der Waals surface area contributed by atoms with Crippen molar-refractivity contribution in [3.8, 4) is 45.2 Å². The monoisotopic (exact) mass is 1930 g/mol. The molecular weight excluding hydrogens is 1820 g/mol. The van der Waals surface area contributed by atoms with Crippen molar-refractivity contribution in [2.75, 3.05) is 85.2 Å². The minimum absolute atomic E-state index is 0.0148. The van der Waals surface area contributed by atoms with Crippen LogP contribution in [0.2, 0.25) is 0 Å². The maximum atomic E-state index is 13.5. The normalized spacial score (nSPS) is 19.3. The third kappa shape index (κ3) is 19.1. The van der Waals surface area contributed by atoms with Gasteiger partial charge in [0.1, 0.15) is 67.9 Å². The Morgan fingerprint density at radius 2 is 0.824 bits per heavy atom. The first kappa shape index (κ1) is 96.3. The van der Waals surface area contributed by atoms with Crippen LogP contribution in [-0.2, 0) is 37.6 Å². The van der Waals surface area contributed by atoms with Gasteiger partial charge in [-0.05, 0) is 230 Å². The summed E-state index contributed by atoms with van der Waals surface area (Å²) >= 11 is 0. The van der Waals surface area contributed by atoms with Crippen molar-refractivity contribution in [1.29, 1.82) is 0 Å². The number of nitrogens with zero attached hydrogens (tertiary/aromatic N) is 15. The first-order valence-corrected chi connectivity index (χ1v) is 48.2. The first-order valence-electron chi connectivity index (χ1n) is 48.2. The van der Waals surface area contributed by atoms with Gasteiger partial charge in [0.25, 0.3) is 41.4 Å². The van der Waals surface area contributed by atoms with Crippen molar-refractivity contribution in [3.05, 3.63) is 244 Å². The van der Waals surface area contributed by atoms with Crippen LogP contribution in [0.3, 0.4) is 0 Å². The summed E-state index contributed by atoms with van der Waals surface area (Å²) in [5.74, 6) is -1.76. The lowest BCUT2D eigenvalue weighted by molar-refractivity contribution is -0.164. The Kier molecular flexibility index (Phi) is 25.6. The number of rotatable bonds is 15. The summed E-state index contributed by atoms with van der Waals surface area (Å²) in [4.78, 5) is 140. The zero-order valence-corrected chi connectivity index (χ0v) is 81.1. The number of carbonyl (C=O) groups excluding carboxylic acids is 8. The van der Waals surface area contributed by atoms with E-state index < -0.39 is 11.1 Å². The van der Waals surface area contributed by atoms with Crippen LogP contribution in [0.4, 0.5) is 17.6 Å². The van der Waals surface area contributed by atoms with Crippen molar-refractivity contribution < 1.29 is 83.4 Å². The fourth-order valence-electron chi connectivity index (χ4n) is 19.4. The Morgan fingerprint density at radius 3 is 1.20 bits per heavy atom. The summed E-state index contributed by atoms with van der Waals surface area (Å²) in [7, 11) is 1.76. The number of H-pyrrole nitrogens is 1. The van der Waals surface area contributed by atoms with Gasteiger partial charge in [0.05, 0.1) is 28.5 Å². The smallest absolute Gasteiger partial charge is 0.290 e. The molecule has 0 spiro atoms. The molecule has 0 radical (unpaired) electrons. The molecule has 142 heavy (non-hydrogen) atoms. The van der Waals surface area contributed by atoms with Crippen LogP contribution < -0.4 is 5.32 Å². The Labute approximate surface area is 815 Å². The maximum Gasteiger partial charge on any atom is 0.290 e. The molecule has 3 aliphatic carbocycles. The predicted molar refractivity (Wildman–Crippen MR) is 519 cm³/mol. The van der Waals surface area contributed by atoms with Crippen LogP contribution in [0, 0.1) is 30.2 Å². The van der Waals surface area contributed by atoms with Crippen LogP contribution in [0.5, 0.6) is 0 Å². The number of piperazine rings is 4. The van der Waals surface area contributed by atoms with Crippen molar-refractivity contribution in [1.82, 2.24) is 84.5 Å². The highest BCUT2D eigenvalue weighted by Crippen LogP contribution is 2.54. The number of amides is 8. The Hall–Kier alpha value is -14.6. The van der Waals surface area contributed by atoms with Crippen molar-refractivity contribution in [2.24, 2.45) is 7.05 Å². The number of benzene rings is 4. The van der Waals surface area contributed by atoms with Crippen molar-refractivity contribution >= 4 is 91.7 Å². The summed E-state index contributed by atoms with van der Waals surface area (Å²) in [6.45, 7) is 26.5. The van der Waals surface area contributed by atoms with E-state index in [9.17, 15) is 61.0 Å². The number of carbonyl (C=O) groups is 8. The number of aliphatic hydroxyl groups is 1. The standard InChI is InChI=1S/C29H30FN5O3.C29H32FN3O5.C27H26FN5O3.C22H23FN4O3/c1-17-13-24(33(4)32-17)27(36)35-12-11-34(16-18(35)2)28(37)25-15-23-26(38-25)21(29(3)9-10-29)14-22(31-23)19-5-7-20(30)8-6-19;1-18-17-32(11-12-33(18)27(35)29(36)9-13-37-14-10-29)26(34)24-16-23-25(38-24)21(28(2)7-8-28)15-22(31-23)19-3-5-20(30)6-4-19;1-16-15-32(11-12-33(16)25(34)20-7-10-29-31-20)26(35)23-14-22-24(36-23)19(27(2)8-9-27)13-21(30-22)17-3-5-18(28)6-4-17;1-12(2)17-18-15(25-19(26-17)13-5-7-14(23)8-6-13)11-16(30-18)20(28)27-10-9-24-21(29)22(27,3)4/h5-8,13-15,18H,9-12,16H2,1-4H3;3-6,15-16,18,36H,7-14,17H2,1-2H3;3-7,10,13-14,16H,8-9,11-12,15H2,1-2H3,(H,29,31);5-8,11-12H,9-10H2,1-4H3,(H,24,29)/t2*18-;16-;/m000./s1. The van der Waals surface area contributed by atoms with Crippen LogP contribution in [-0.4, -0.2) is 246 Å². The summed E-state index contributed by atoms with van der Waals surface area (Å²) < 4.78 is 85.1. The molecule has 3 saturated carbocycles. The third-order valence-corrected chi connectivity index (χ3v) is 29.0. The number of aryl methyl sites for hydroxylation is 2. The number of ether oxygens (including phenoxy) is 1. The average Bonchev–Trinajstić information content (AvgIpc) is 1.59. The predicted octanol–water partition coefficient (Wildman–Crippen LogP) is 16.5. The second-order valence-corrected chi connectivity index (χ2v) is 40.2. The molecule has 736 valence electrons. The van der Waals surface area contributed by atoms with E-state index in [0.717, 1.165) is 89.0 Å². The van der Waals surface area contributed by atoms with Crippen LogP contribution >= 0.6 is 0 Å². The van der Waals surface area contributed by atoms with Gasteiger partial charge < -0.3 is 67.1 Å². The van der Waals surface area contributed by atoms with E-state index in [1.54, 1.807) is 146 Å². The molecule has 8 fully saturated rings. The lowest BCUT2D eigenvalue weighted by Gasteiger charge is -2.43. The first-order chi connectivity index (χ1) is 67.8. The Morgan fingerprint density at radius 1 is 0.444 bits per heavy atom. The highest BCUT2D eigenvalue weighted by molar-refractivity contribution is 6.03. The molecule has 10 aromatic heterocycles. The number of hydrogen-bond acceptors (Lipinski definition) is 21. The van der Waals surface area contributed by atoms with E-state index in [2.05, 4.69) is 51.4 Å². The topological polar surface area (TPSA) is 364 Å². The molecule has 5 aliphatic heterocycles. The van der Waals surface area contributed by atoms with Crippen molar-refractivity contribution in [3.63, 3.8) is 0 Å². The fraction of sp³-hybridized carbons (Fsp3) is 0.393. The number of hydrogen-bond donors (Lipinski definition) is 3. The quantitative estimate of drug-likeness (QED) is 0.0802. The van der Waals surface area contributed by atoms with Gasteiger partial charge in [-0.1, -0.05) is 34.6 Å². The molecule has 0 bridgehead atoms. The molecule has 0 unspecified atom stereocenters. The largest absolute Gasteiger partial charge is 0.449 e. The summed E-state index contributed by atoms with van der Waals surface area (Å²) in [5, 5.41) is 24.5. The summed E-state index contributed by atoms with van der Waals surface area (Å²) in [5.41, 5.74) is 12.9. The highest BCUT2D eigenvalue weighted by atomic mass is 19.1. The summed E-state index contributed by atoms with van der Waals surface area (Å²) in [6.07, 6.45) is 8.27. The maximum absolute atomic E-state index is 13.5. The number of aromatic nitrogens is 9. The lowest BCUT2D eigenvalue weighted by Crippen LogP contribution is -2.63. The molecular formula is C107H111F4N17O14. The molecule has 35 heteroatoms. The minimum Gasteiger partial charge on any atom is -0.449 e. The number of furan rings is 4. The van der Waals surface area contributed by atoms with Crippen LogP contribution in [0.25, 0.3) is 89.6 Å². The molecule has 22 rings (SSSR count). The fourth-order valence-corrected chi connectivity index (χ4v) is 19.4. The lowest BCUT2D eigenvalue weighted by atomic mass is 9.91. The van der Waals surface area contributed by atoms with Gasteiger partial charge in [0.15, 0.2) is 51.2 Å². The van der Waals surface area contributed by atoms with E-state index in [0.29, 0.717) is 164 Å². The van der Waals surface area contributed by atoms with Gasteiger partial charge in [-0.15, -0.1) is 0 Å². The Balaban J connectivity index is 0.000000121. The van der Waals surface area contributed by atoms with Gasteiger partial charge in [-0.3, -0.25) is 48.1 Å². The van der Waals surface area contributed by atoms with Gasteiger partial charge >= 0.3 is 0 Å². The van der Waals surface area contributed by atoms with Crippen LogP contribution in [0.15, 0.2) is 176 Å². The molecule has 3 atom stereocenters. The summed E-state index contributed by atoms with van der Waals surface area (Å²) in [6, 6.07) is 40.2. The zero-order valence-electron chi connectivity index (χ0n) is 81.1. The molecule has 8 aliphatic rings. The van der Waals surface area contributed by atoms with Gasteiger partial charge in [0.2, 0.25) is 5.91 Å². The SMILES string of the molecule is CC(C)c1nc(-c2ccc(F)cc2)nc2cc(C(=O)N3CCNC(=O)C3(C)C)oc12.C[C@H]1CN(C(=O)c2cc3nc(-c4ccc(F)cc4)cc(C4(C)CC4)c3o2)CCN1C(=O)C1(O)CCOCC1.C[C@H]1CN(C(=O)c2cc3nc(-c4ccc(F)cc4)cc(C4(C)CC4)c3o2)CCN1C(=O)c1ccn[nH]1.Cc1cc(C(=O)N2CCN(C(=O)c3cc4nc(-c5ccc(F)cc5)cc(C5(C)CC5)c4o3)C[C@@H]2C)n(C)n1. The molecule has 31 nitrogen and oxygen atoms in total. The highest BCUT2D eigenvalue weighted by Gasteiger charge is 2.49. The Bertz CT molecular complexity index is 7250. The molecule has 15 heterocycles. The van der Waals surface area contributed by atoms with Crippen LogP contribution in [0.1, 0.15) is 218 Å². The number of aromatic amines is 1. The minimum atomic E-state index is -1.40. The zero-order chi connectivity index (χ0) is 100. The average molecular weight is 1940 g/mol. The second kappa shape index (κ2) is 37.8. The van der Waals surface area contributed by atoms with E-state index in [1.165, 1.54) is 53.4 Å². The van der Waals surface area contributed by atoms with E-state index in [-0.39, 0.29) is 147 Å². The van der Waals surface area contributed by atoms with E-state index in [1.807, 2.05) is 59.7 Å². The van der Waals surface area contributed by atoms with Gasteiger partial charge in [-0.25, -0.2) is 42.5 Å². The third-order valence-electron chi connectivity index (χ3n) is 29.0.